The number of rotatable bonds is 3. The molecule has 0 amide bonds. The molecule has 0 radical (unpaired) electrons. The standard InChI is InChI=1S/C11H12F3N3O2/c12-11(13,14)9-5-7(1-2-10(9)17(18)19)16-8-3-4-15-6-8/h1-2,5,8,15-16H,3-4,6H2. The van der Waals surface area contributed by atoms with Crippen molar-refractivity contribution < 1.29 is 18.1 Å². The smallest absolute Gasteiger partial charge is 0.381 e. The Hall–Kier alpha value is -1.83. The first-order valence-electron chi connectivity index (χ1n) is 5.71. The first kappa shape index (κ1) is 13.6. The Labute approximate surface area is 106 Å². The lowest BCUT2D eigenvalue weighted by molar-refractivity contribution is -0.388. The van der Waals surface area contributed by atoms with E-state index >= 15 is 0 Å². The summed E-state index contributed by atoms with van der Waals surface area (Å²) in [6.07, 6.45) is -3.94. The largest absolute Gasteiger partial charge is 0.423 e. The SMILES string of the molecule is O=[N+]([O-])c1ccc(NC2CCNC2)cc1C(F)(F)F. The Balaban J connectivity index is 2.29. The van der Waals surface area contributed by atoms with Crippen LogP contribution in [0.4, 0.5) is 24.5 Å². The molecule has 1 fully saturated rings. The highest BCUT2D eigenvalue weighted by Gasteiger charge is 2.38. The van der Waals surface area contributed by atoms with Gasteiger partial charge in [0, 0.05) is 24.3 Å². The summed E-state index contributed by atoms with van der Waals surface area (Å²) < 4.78 is 38.3. The van der Waals surface area contributed by atoms with E-state index in [2.05, 4.69) is 10.6 Å². The van der Waals surface area contributed by atoms with Crippen LogP contribution in [0.3, 0.4) is 0 Å². The number of nitrogens with one attached hydrogen (secondary N) is 2. The Morgan fingerprint density at radius 3 is 2.68 bits per heavy atom. The number of benzene rings is 1. The Morgan fingerprint density at radius 1 is 1.42 bits per heavy atom. The van der Waals surface area contributed by atoms with E-state index in [0.29, 0.717) is 6.54 Å². The molecule has 1 heterocycles. The fraction of sp³-hybridized carbons (Fsp3) is 0.455. The van der Waals surface area contributed by atoms with E-state index in [-0.39, 0.29) is 11.7 Å². The summed E-state index contributed by atoms with van der Waals surface area (Å²) in [4.78, 5) is 9.58. The molecule has 1 saturated heterocycles. The van der Waals surface area contributed by atoms with Crippen LogP contribution in [-0.2, 0) is 6.18 Å². The van der Waals surface area contributed by atoms with Crippen molar-refractivity contribution in [2.45, 2.75) is 18.6 Å². The molecule has 1 unspecified atom stereocenters. The number of anilines is 1. The van der Waals surface area contributed by atoms with Crippen LogP contribution in [0, 0.1) is 10.1 Å². The molecule has 8 heteroatoms. The van der Waals surface area contributed by atoms with Gasteiger partial charge in [-0.05, 0) is 25.1 Å². The predicted molar refractivity (Wildman–Crippen MR) is 63.0 cm³/mol. The third kappa shape index (κ3) is 3.14. The summed E-state index contributed by atoms with van der Waals surface area (Å²) in [6, 6.07) is 3.01. The molecule has 2 rings (SSSR count). The van der Waals surface area contributed by atoms with Crippen molar-refractivity contribution in [3.63, 3.8) is 0 Å². The van der Waals surface area contributed by atoms with Crippen molar-refractivity contribution in [1.82, 2.24) is 5.32 Å². The second kappa shape index (κ2) is 5.04. The second-order valence-electron chi connectivity index (χ2n) is 4.32. The maximum absolute atomic E-state index is 12.8. The van der Waals surface area contributed by atoms with Gasteiger partial charge in [-0.25, -0.2) is 0 Å². The van der Waals surface area contributed by atoms with Crippen molar-refractivity contribution in [2.75, 3.05) is 18.4 Å². The second-order valence-corrected chi connectivity index (χ2v) is 4.32. The highest BCUT2D eigenvalue weighted by atomic mass is 19.4. The van der Waals surface area contributed by atoms with Gasteiger partial charge in [-0.3, -0.25) is 10.1 Å². The Bertz CT molecular complexity index is 485. The number of halogens is 3. The average Bonchev–Trinajstić information content (AvgIpc) is 2.80. The molecule has 0 spiro atoms. The van der Waals surface area contributed by atoms with Gasteiger partial charge < -0.3 is 10.6 Å². The molecule has 0 bridgehead atoms. The monoisotopic (exact) mass is 275 g/mol. The molecule has 1 aliphatic rings. The van der Waals surface area contributed by atoms with Crippen LogP contribution in [0.15, 0.2) is 18.2 Å². The van der Waals surface area contributed by atoms with Gasteiger partial charge in [-0.15, -0.1) is 0 Å². The molecule has 2 N–H and O–H groups in total. The van der Waals surface area contributed by atoms with E-state index in [9.17, 15) is 23.3 Å². The summed E-state index contributed by atoms with van der Waals surface area (Å²) >= 11 is 0. The maximum atomic E-state index is 12.8. The zero-order valence-electron chi connectivity index (χ0n) is 9.83. The van der Waals surface area contributed by atoms with Gasteiger partial charge in [0.15, 0.2) is 0 Å². The number of hydrogen-bond donors (Lipinski definition) is 2. The highest BCUT2D eigenvalue weighted by molar-refractivity contribution is 5.55. The first-order chi connectivity index (χ1) is 8.88. The molecule has 5 nitrogen and oxygen atoms in total. The van der Waals surface area contributed by atoms with Crippen LogP contribution in [-0.4, -0.2) is 24.1 Å². The van der Waals surface area contributed by atoms with Crippen molar-refractivity contribution in [1.29, 1.82) is 0 Å². The van der Waals surface area contributed by atoms with Gasteiger partial charge in [0.2, 0.25) is 0 Å². The number of nitro groups is 1. The molecular weight excluding hydrogens is 263 g/mol. The van der Waals surface area contributed by atoms with Crippen LogP contribution < -0.4 is 10.6 Å². The molecule has 0 aromatic heterocycles. The van der Waals surface area contributed by atoms with E-state index in [1.807, 2.05) is 0 Å². The lowest BCUT2D eigenvalue weighted by atomic mass is 10.1. The zero-order valence-corrected chi connectivity index (χ0v) is 9.83. The number of hydrogen-bond acceptors (Lipinski definition) is 4. The summed E-state index contributed by atoms with van der Waals surface area (Å²) in [5.74, 6) is 0. The third-order valence-electron chi connectivity index (χ3n) is 2.93. The fourth-order valence-corrected chi connectivity index (χ4v) is 2.03. The lowest BCUT2D eigenvalue weighted by Crippen LogP contribution is -2.22. The quantitative estimate of drug-likeness (QED) is 0.656. The van der Waals surface area contributed by atoms with Gasteiger partial charge in [-0.2, -0.15) is 13.2 Å². The molecule has 0 aliphatic carbocycles. The van der Waals surface area contributed by atoms with Crippen LogP contribution in [0.5, 0.6) is 0 Å². The van der Waals surface area contributed by atoms with Crippen molar-refractivity contribution >= 4 is 11.4 Å². The van der Waals surface area contributed by atoms with Gasteiger partial charge in [0.05, 0.1) is 4.92 Å². The van der Waals surface area contributed by atoms with E-state index in [1.54, 1.807) is 0 Å². The molecule has 1 aromatic carbocycles. The molecule has 1 aliphatic heterocycles. The lowest BCUT2D eigenvalue weighted by Gasteiger charge is -2.15. The highest BCUT2D eigenvalue weighted by Crippen LogP contribution is 2.37. The molecule has 104 valence electrons. The summed E-state index contributed by atoms with van der Waals surface area (Å²) in [5, 5.41) is 16.6. The van der Waals surface area contributed by atoms with E-state index in [1.165, 1.54) is 6.07 Å². The normalized spacial score (nSPS) is 19.4. The summed E-state index contributed by atoms with van der Waals surface area (Å²) in [5.41, 5.74) is -1.91. The minimum absolute atomic E-state index is 0.0440. The Kier molecular flexibility index (Phi) is 3.61. The molecular formula is C11H12F3N3O2. The van der Waals surface area contributed by atoms with Crippen molar-refractivity contribution in [2.24, 2.45) is 0 Å². The zero-order chi connectivity index (χ0) is 14.0. The Morgan fingerprint density at radius 2 is 2.16 bits per heavy atom. The van der Waals surface area contributed by atoms with Gasteiger partial charge in [-0.1, -0.05) is 0 Å². The average molecular weight is 275 g/mol. The third-order valence-corrected chi connectivity index (χ3v) is 2.93. The van der Waals surface area contributed by atoms with Crippen LogP contribution in [0.1, 0.15) is 12.0 Å². The van der Waals surface area contributed by atoms with E-state index in [4.69, 9.17) is 0 Å². The minimum atomic E-state index is -4.74. The molecule has 1 atom stereocenters. The van der Waals surface area contributed by atoms with E-state index < -0.39 is 22.4 Å². The van der Waals surface area contributed by atoms with Crippen LogP contribution >= 0.6 is 0 Å². The van der Waals surface area contributed by atoms with Crippen molar-refractivity contribution in [3.05, 3.63) is 33.9 Å². The van der Waals surface area contributed by atoms with Crippen LogP contribution in [0.25, 0.3) is 0 Å². The summed E-state index contributed by atoms with van der Waals surface area (Å²) in [6.45, 7) is 1.47. The number of nitrogens with zero attached hydrogens (tertiary/aromatic N) is 1. The van der Waals surface area contributed by atoms with Gasteiger partial charge in [0.25, 0.3) is 5.69 Å². The minimum Gasteiger partial charge on any atom is -0.381 e. The summed E-state index contributed by atoms with van der Waals surface area (Å²) in [7, 11) is 0. The number of nitro benzene ring substituents is 1. The van der Waals surface area contributed by atoms with Crippen LogP contribution in [0.2, 0.25) is 0 Å². The molecule has 0 saturated carbocycles. The topological polar surface area (TPSA) is 67.2 Å². The maximum Gasteiger partial charge on any atom is 0.423 e. The van der Waals surface area contributed by atoms with Gasteiger partial charge in [0.1, 0.15) is 5.56 Å². The first-order valence-corrected chi connectivity index (χ1v) is 5.71. The molecule has 19 heavy (non-hydrogen) atoms. The van der Waals surface area contributed by atoms with Gasteiger partial charge >= 0.3 is 6.18 Å². The number of alkyl halides is 3. The molecule has 1 aromatic rings. The van der Waals surface area contributed by atoms with E-state index in [0.717, 1.165) is 25.1 Å². The predicted octanol–water partition coefficient (Wildman–Crippen LogP) is 2.39. The van der Waals surface area contributed by atoms with Crippen molar-refractivity contribution in [3.8, 4) is 0 Å². The fourth-order valence-electron chi connectivity index (χ4n) is 2.03.